The fourth-order valence-electron chi connectivity index (χ4n) is 2.69. The normalized spacial score (nSPS) is 33.4. The molecular formula is C12H24N2. The Labute approximate surface area is 88.1 Å². The van der Waals surface area contributed by atoms with E-state index in [1.54, 1.807) is 0 Å². The van der Waals surface area contributed by atoms with E-state index in [2.05, 4.69) is 31.0 Å². The van der Waals surface area contributed by atoms with Crippen LogP contribution in [0.1, 0.15) is 40.0 Å². The van der Waals surface area contributed by atoms with E-state index in [0.29, 0.717) is 6.04 Å². The van der Waals surface area contributed by atoms with E-state index in [-0.39, 0.29) is 0 Å². The molecule has 1 saturated carbocycles. The van der Waals surface area contributed by atoms with Crippen LogP contribution >= 0.6 is 0 Å². The van der Waals surface area contributed by atoms with Gasteiger partial charge in [0.25, 0.3) is 0 Å². The van der Waals surface area contributed by atoms with Crippen molar-refractivity contribution in [1.29, 1.82) is 0 Å². The average molecular weight is 196 g/mol. The average Bonchev–Trinajstić information content (AvgIpc) is 2.86. The fraction of sp³-hybridized carbons (Fsp3) is 1.00. The number of rotatable bonds is 5. The number of hydrogen-bond donors (Lipinski definition) is 1. The summed E-state index contributed by atoms with van der Waals surface area (Å²) in [4.78, 5) is 2.70. The van der Waals surface area contributed by atoms with E-state index in [4.69, 9.17) is 0 Å². The summed E-state index contributed by atoms with van der Waals surface area (Å²) < 4.78 is 0. The van der Waals surface area contributed by atoms with Gasteiger partial charge in [-0.2, -0.15) is 0 Å². The van der Waals surface area contributed by atoms with Gasteiger partial charge < -0.3 is 5.32 Å². The van der Waals surface area contributed by atoms with Crippen LogP contribution in [0.4, 0.5) is 0 Å². The number of nitrogens with zero attached hydrogens (tertiary/aromatic N) is 1. The Morgan fingerprint density at radius 1 is 1.36 bits per heavy atom. The predicted octanol–water partition coefficient (Wildman–Crippen LogP) is 1.86. The first kappa shape index (κ1) is 10.4. The maximum absolute atomic E-state index is 3.55. The summed E-state index contributed by atoms with van der Waals surface area (Å²) in [6.45, 7) is 9.19. The van der Waals surface area contributed by atoms with Crippen molar-refractivity contribution in [3.63, 3.8) is 0 Å². The molecule has 1 aliphatic carbocycles. The molecule has 2 aliphatic rings. The van der Waals surface area contributed by atoms with E-state index >= 15 is 0 Å². The van der Waals surface area contributed by atoms with Gasteiger partial charge in [-0.15, -0.1) is 0 Å². The zero-order valence-electron chi connectivity index (χ0n) is 9.79. The molecule has 2 rings (SSSR count). The highest BCUT2D eigenvalue weighted by atomic mass is 15.3. The summed E-state index contributed by atoms with van der Waals surface area (Å²) in [5.74, 6) is 1.06. The van der Waals surface area contributed by atoms with Gasteiger partial charge >= 0.3 is 0 Å². The third-order valence-electron chi connectivity index (χ3n) is 3.70. The summed E-state index contributed by atoms with van der Waals surface area (Å²) in [5, 5.41) is 3.55. The maximum Gasteiger partial charge on any atom is 0.0238 e. The molecule has 82 valence electrons. The van der Waals surface area contributed by atoms with Crippen molar-refractivity contribution in [2.75, 3.05) is 13.1 Å². The highest BCUT2D eigenvalue weighted by molar-refractivity contribution is 5.00. The summed E-state index contributed by atoms with van der Waals surface area (Å²) in [6.07, 6.45) is 4.43. The second kappa shape index (κ2) is 4.19. The first-order valence-corrected chi connectivity index (χ1v) is 6.21. The Morgan fingerprint density at radius 2 is 2.07 bits per heavy atom. The lowest BCUT2D eigenvalue weighted by Gasteiger charge is -2.49. The van der Waals surface area contributed by atoms with Gasteiger partial charge in [0.15, 0.2) is 0 Å². The molecule has 2 fully saturated rings. The Morgan fingerprint density at radius 3 is 2.57 bits per heavy atom. The molecule has 0 aromatic rings. The lowest BCUT2D eigenvalue weighted by Crippen LogP contribution is -2.60. The van der Waals surface area contributed by atoms with Crippen molar-refractivity contribution < 1.29 is 0 Å². The fourth-order valence-corrected chi connectivity index (χ4v) is 2.69. The predicted molar refractivity (Wildman–Crippen MR) is 60.4 cm³/mol. The Balaban J connectivity index is 1.73. The van der Waals surface area contributed by atoms with Crippen LogP contribution in [-0.2, 0) is 0 Å². The molecule has 14 heavy (non-hydrogen) atoms. The molecule has 1 aliphatic heterocycles. The second-order valence-electron chi connectivity index (χ2n) is 5.19. The molecule has 0 aromatic heterocycles. The van der Waals surface area contributed by atoms with Gasteiger partial charge in [-0.05, 0) is 31.7 Å². The number of hydrogen-bond acceptors (Lipinski definition) is 2. The van der Waals surface area contributed by atoms with Crippen molar-refractivity contribution >= 4 is 0 Å². The summed E-state index contributed by atoms with van der Waals surface area (Å²) in [6, 6.07) is 2.40. The van der Waals surface area contributed by atoms with Crippen molar-refractivity contribution in [3.8, 4) is 0 Å². The SMILES string of the molecule is CCN1C(CNC(C)C)CC1C1CC1. The minimum absolute atomic E-state index is 0.633. The molecule has 0 aromatic carbocycles. The van der Waals surface area contributed by atoms with Gasteiger partial charge in [-0.1, -0.05) is 20.8 Å². The minimum Gasteiger partial charge on any atom is -0.313 e. The topological polar surface area (TPSA) is 15.3 Å². The summed E-state index contributed by atoms with van der Waals surface area (Å²) >= 11 is 0. The van der Waals surface area contributed by atoms with E-state index in [0.717, 1.165) is 18.0 Å². The van der Waals surface area contributed by atoms with Crippen LogP contribution in [0.25, 0.3) is 0 Å². The van der Waals surface area contributed by atoms with Crippen LogP contribution in [0, 0.1) is 5.92 Å². The van der Waals surface area contributed by atoms with Crippen LogP contribution < -0.4 is 5.32 Å². The highest BCUT2D eigenvalue weighted by Crippen LogP contribution is 2.43. The summed E-state index contributed by atoms with van der Waals surface area (Å²) in [7, 11) is 0. The van der Waals surface area contributed by atoms with Gasteiger partial charge in [0.1, 0.15) is 0 Å². The molecule has 0 bridgehead atoms. The van der Waals surface area contributed by atoms with E-state index < -0.39 is 0 Å². The molecule has 0 spiro atoms. The molecule has 1 N–H and O–H groups in total. The van der Waals surface area contributed by atoms with E-state index in [9.17, 15) is 0 Å². The van der Waals surface area contributed by atoms with Crippen molar-refractivity contribution in [2.24, 2.45) is 5.92 Å². The first-order chi connectivity index (χ1) is 6.72. The van der Waals surface area contributed by atoms with Crippen LogP contribution in [0.3, 0.4) is 0 Å². The Kier molecular flexibility index (Phi) is 3.13. The molecule has 2 nitrogen and oxygen atoms in total. The Hall–Kier alpha value is -0.0800. The van der Waals surface area contributed by atoms with Crippen molar-refractivity contribution in [3.05, 3.63) is 0 Å². The van der Waals surface area contributed by atoms with E-state index in [1.165, 1.54) is 32.4 Å². The van der Waals surface area contributed by atoms with Gasteiger partial charge in [0, 0.05) is 24.7 Å². The van der Waals surface area contributed by atoms with Gasteiger partial charge in [0.05, 0.1) is 0 Å². The largest absolute Gasteiger partial charge is 0.313 e. The number of likely N-dealkylation sites (tertiary alicyclic amines) is 1. The quantitative estimate of drug-likeness (QED) is 0.722. The lowest BCUT2D eigenvalue weighted by atomic mass is 9.89. The molecule has 0 radical (unpaired) electrons. The van der Waals surface area contributed by atoms with Gasteiger partial charge in [0.2, 0.25) is 0 Å². The molecular weight excluding hydrogens is 172 g/mol. The number of likely N-dealkylation sites (N-methyl/N-ethyl adjacent to an activating group) is 1. The van der Waals surface area contributed by atoms with Crippen LogP contribution in [0.5, 0.6) is 0 Å². The number of nitrogens with one attached hydrogen (secondary N) is 1. The molecule has 2 heteroatoms. The molecule has 1 saturated heterocycles. The van der Waals surface area contributed by atoms with Gasteiger partial charge in [-0.25, -0.2) is 0 Å². The third kappa shape index (κ3) is 2.12. The minimum atomic E-state index is 0.633. The molecule has 2 atom stereocenters. The second-order valence-corrected chi connectivity index (χ2v) is 5.19. The van der Waals surface area contributed by atoms with Crippen LogP contribution in [0.15, 0.2) is 0 Å². The zero-order valence-corrected chi connectivity index (χ0v) is 9.79. The smallest absolute Gasteiger partial charge is 0.0238 e. The third-order valence-corrected chi connectivity index (χ3v) is 3.70. The van der Waals surface area contributed by atoms with Crippen LogP contribution in [-0.4, -0.2) is 36.1 Å². The standard InChI is InChI=1S/C12H24N2/c1-4-14-11(8-13-9(2)3)7-12(14)10-5-6-10/h9-13H,4-8H2,1-3H3. The maximum atomic E-state index is 3.55. The van der Waals surface area contributed by atoms with Gasteiger partial charge in [-0.3, -0.25) is 4.90 Å². The molecule has 0 amide bonds. The van der Waals surface area contributed by atoms with Crippen molar-refractivity contribution in [2.45, 2.75) is 58.2 Å². The van der Waals surface area contributed by atoms with Crippen LogP contribution in [0.2, 0.25) is 0 Å². The molecule has 1 heterocycles. The van der Waals surface area contributed by atoms with Crippen molar-refractivity contribution in [1.82, 2.24) is 10.2 Å². The zero-order chi connectivity index (χ0) is 10.1. The Bertz CT molecular complexity index is 185. The molecule has 2 unspecified atom stereocenters. The van der Waals surface area contributed by atoms with E-state index in [1.807, 2.05) is 0 Å². The first-order valence-electron chi connectivity index (χ1n) is 6.21. The summed E-state index contributed by atoms with van der Waals surface area (Å²) in [5.41, 5.74) is 0. The lowest BCUT2D eigenvalue weighted by molar-refractivity contribution is 0.00691. The highest BCUT2D eigenvalue weighted by Gasteiger charge is 2.45. The monoisotopic (exact) mass is 196 g/mol.